The molecule has 2 aromatic heterocycles. The fourth-order valence-electron chi connectivity index (χ4n) is 3.75. The maximum absolute atomic E-state index is 13.3. The molecule has 0 saturated carbocycles. The molecule has 4 aromatic rings. The van der Waals surface area contributed by atoms with Gasteiger partial charge in [-0.2, -0.15) is 13.9 Å². The molecule has 0 spiro atoms. The second-order valence-corrected chi connectivity index (χ2v) is 7.57. The Bertz CT molecular complexity index is 1330. The summed E-state index contributed by atoms with van der Waals surface area (Å²) >= 11 is 0. The second-order valence-electron chi connectivity index (χ2n) is 7.57. The van der Waals surface area contributed by atoms with Crippen LogP contribution in [-0.2, 0) is 7.05 Å². The van der Waals surface area contributed by atoms with Crippen LogP contribution in [0.25, 0.3) is 22.2 Å². The van der Waals surface area contributed by atoms with Crippen molar-refractivity contribution >= 4 is 22.5 Å². The van der Waals surface area contributed by atoms with E-state index in [0.29, 0.717) is 22.2 Å². The monoisotopic (exact) mass is 436 g/mol. The van der Waals surface area contributed by atoms with Crippen molar-refractivity contribution in [3.05, 3.63) is 71.0 Å². The lowest BCUT2D eigenvalue weighted by atomic mass is 10.0. The first kappa shape index (κ1) is 21.4. The largest absolute Gasteiger partial charge is 0.433 e. The number of nitrogens with zero attached hydrogens (tertiary/aromatic N) is 3. The highest BCUT2D eigenvalue weighted by Gasteiger charge is 2.20. The summed E-state index contributed by atoms with van der Waals surface area (Å²) in [7, 11) is 1.85. The van der Waals surface area contributed by atoms with E-state index in [4.69, 9.17) is 4.98 Å². The Morgan fingerprint density at radius 3 is 2.53 bits per heavy atom. The summed E-state index contributed by atoms with van der Waals surface area (Å²) in [5.74, 6) is -0.544. The summed E-state index contributed by atoms with van der Waals surface area (Å²) in [4.78, 5) is 18.0. The molecule has 2 heterocycles. The number of rotatable bonds is 5. The van der Waals surface area contributed by atoms with E-state index >= 15 is 0 Å². The van der Waals surface area contributed by atoms with Crippen LogP contribution in [0.1, 0.15) is 27.3 Å². The normalized spacial score (nSPS) is 11.2. The van der Waals surface area contributed by atoms with Crippen LogP contribution in [-0.4, -0.2) is 27.3 Å². The number of ether oxygens (including phenoxy) is 1. The van der Waals surface area contributed by atoms with Gasteiger partial charge in [0.2, 0.25) is 0 Å². The SMILES string of the molecule is Cc1ccc(NC(=O)c2cc(-c3c(C)nn(C)c3C)nc3ccccc23)c(OC(F)F)c1. The van der Waals surface area contributed by atoms with Gasteiger partial charge in [0, 0.05) is 23.7 Å². The molecule has 0 saturated heterocycles. The van der Waals surface area contributed by atoms with E-state index in [1.807, 2.05) is 39.1 Å². The van der Waals surface area contributed by atoms with Gasteiger partial charge in [-0.05, 0) is 50.6 Å². The molecule has 6 nitrogen and oxygen atoms in total. The molecule has 0 fully saturated rings. The lowest BCUT2D eigenvalue weighted by Gasteiger charge is -2.14. The van der Waals surface area contributed by atoms with Gasteiger partial charge in [-0.15, -0.1) is 0 Å². The first-order chi connectivity index (χ1) is 15.2. The van der Waals surface area contributed by atoms with E-state index in [1.54, 1.807) is 35.9 Å². The van der Waals surface area contributed by atoms with E-state index in [0.717, 1.165) is 22.5 Å². The van der Waals surface area contributed by atoms with Crippen molar-refractivity contribution in [3.8, 4) is 17.0 Å². The number of halogens is 2. The zero-order chi connectivity index (χ0) is 23.0. The Morgan fingerprint density at radius 2 is 1.84 bits per heavy atom. The fraction of sp³-hybridized carbons (Fsp3) is 0.208. The highest BCUT2D eigenvalue weighted by Crippen LogP contribution is 2.31. The van der Waals surface area contributed by atoms with Crippen LogP contribution in [0.15, 0.2) is 48.5 Å². The van der Waals surface area contributed by atoms with Crippen LogP contribution >= 0.6 is 0 Å². The number of carbonyl (C=O) groups excluding carboxylic acids is 1. The average Bonchev–Trinajstić information content (AvgIpc) is 3.00. The molecule has 0 radical (unpaired) electrons. The van der Waals surface area contributed by atoms with Crippen LogP contribution in [0.5, 0.6) is 5.75 Å². The summed E-state index contributed by atoms with van der Waals surface area (Å²) in [5, 5.41) is 7.81. The molecule has 2 aromatic carbocycles. The van der Waals surface area contributed by atoms with Crippen molar-refractivity contribution < 1.29 is 18.3 Å². The van der Waals surface area contributed by atoms with Crippen LogP contribution in [0.4, 0.5) is 14.5 Å². The molecule has 8 heteroatoms. The predicted octanol–water partition coefficient (Wildman–Crippen LogP) is 5.41. The van der Waals surface area contributed by atoms with Gasteiger partial charge in [0.05, 0.1) is 28.2 Å². The number of aromatic nitrogens is 3. The highest BCUT2D eigenvalue weighted by atomic mass is 19.3. The number of anilines is 1. The van der Waals surface area contributed by atoms with Crippen LogP contribution in [0, 0.1) is 20.8 Å². The number of amides is 1. The molecule has 1 N–H and O–H groups in total. The predicted molar refractivity (Wildman–Crippen MR) is 119 cm³/mol. The Kier molecular flexibility index (Phi) is 5.61. The summed E-state index contributed by atoms with van der Waals surface area (Å²) in [6.07, 6.45) is 0. The molecule has 0 unspecified atom stereocenters. The number of aryl methyl sites for hydroxylation is 3. The van der Waals surface area contributed by atoms with Gasteiger partial charge in [0.25, 0.3) is 5.91 Å². The number of hydrogen-bond acceptors (Lipinski definition) is 4. The van der Waals surface area contributed by atoms with E-state index < -0.39 is 12.5 Å². The van der Waals surface area contributed by atoms with Gasteiger partial charge >= 0.3 is 6.61 Å². The third-order valence-corrected chi connectivity index (χ3v) is 5.33. The van der Waals surface area contributed by atoms with Crippen molar-refractivity contribution in [2.45, 2.75) is 27.4 Å². The van der Waals surface area contributed by atoms with Gasteiger partial charge in [-0.3, -0.25) is 9.48 Å². The third kappa shape index (κ3) is 4.03. The summed E-state index contributed by atoms with van der Waals surface area (Å²) in [6, 6.07) is 13.7. The van der Waals surface area contributed by atoms with Crippen molar-refractivity contribution in [1.29, 1.82) is 0 Å². The van der Waals surface area contributed by atoms with Crippen molar-refractivity contribution in [1.82, 2.24) is 14.8 Å². The fourth-order valence-corrected chi connectivity index (χ4v) is 3.75. The molecule has 4 rings (SSSR count). The zero-order valence-corrected chi connectivity index (χ0v) is 18.1. The molecule has 0 atom stereocenters. The van der Waals surface area contributed by atoms with E-state index in [-0.39, 0.29) is 11.4 Å². The maximum Gasteiger partial charge on any atom is 0.387 e. The Labute approximate surface area is 183 Å². The quantitative estimate of drug-likeness (QED) is 0.454. The van der Waals surface area contributed by atoms with Crippen LogP contribution in [0.2, 0.25) is 0 Å². The second kappa shape index (κ2) is 8.37. The van der Waals surface area contributed by atoms with Gasteiger partial charge in [0.1, 0.15) is 5.75 Å². The molecule has 0 aliphatic heterocycles. The number of para-hydroxylation sites is 1. The molecule has 1 amide bonds. The lowest BCUT2D eigenvalue weighted by molar-refractivity contribution is -0.0494. The minimum absolute atomic E-state index is 0.0918. The zero-order valence-electron chi connectivity index (χ0n) is 18.1. The van der Waals surface area contributed by atoms with Crippen LogP contribution < -0.4 is 10.1 Å². The number of hydrogen-bond donors (Lipinski definition) is 1. The highest BCUT2D eigenvalue weighted by molar-refractivity contribution is 6.13. The number of nitrogens with one attached hydrogen (secondary N) is 1. The van der Waals surface area contributed by atoms with E-state index in [9.17, 15) is 13.6 Å². The first-order valence-electron chi connectivity index (χ1n) is 10.0. The first-order valence-corrected chi connectivity index (χ1v) is 10.0. The van der Waals surface area contributed by atoms with E-state index in [2.05, 4.69) is 15.2 Å². The number of pyridine rings is 1. The molecule has 32 heavy (non-hydrogen) atoms. The van der Waals surface area contributed by atoms with Crippen molar-refractivity contribution in [2.24, 2.45) is 7.05 Å². The van der Waals surface area contributed by atoms with Crippen molar-refractivity contribution in [3.63, 3.8) is 0 Å². The lowest BCUT2D eigenvalue weighted by Crippen LogP contribution is -2.15. The summed E-state index contributed by atoms with van der Waals surface area (Å²) in [5.41, 5.74) is 5.10. The molecule has 0 aliphatic rings. The minimum atomic E-state index is -3.00. The van der Waals surface area contributed by atoms with Gasteiger partial charge in [-0.1, -0.05) is 24.3 Å². The third-order valence-electron chi connectivity index (χ3n) is 5.33. The molecular formula is C24H22F2N4O2. The Hall–Kier alpha value is -3.81. The Morgan fingerprint density at radius 1 is 1.09 bits per heavy atom. The Balaban J connectivity index is 1.82. The van der Waals surface area contributed by atoms with Crippen molar-refractivity contribution in [2.75, 3.05) is 5.32 Å². The minimum Gasteiger partial charge on any atom is -0.433 e. The average molecular weight is 436 g/mol. The van der Waals surface area contributed by atoms with Crippen LogP contribution in [0.3, 0.4) is 0 Å². The maximum atomic E-state index is 13.3. The molecule has 0 aliphatic carbocycles. The summed E-state index contributed by atoms with van der Waals surface area (Å²) < 4.78 is 32.1. The molecular weight excluding hydrogens is 414 g/mol. The number of alkyl halides is 2. The smallest absolute Gasteiger partial charge is 0.387 e. The topological polar surface area (TPSA) is 69.0 Å². The van der Waals surface area contributed by atoms with E-state index in [1.165, 1.54) is 6.07 Å². The van der Waals surface area contributed by atoms with Gasteiger partial charge in [-0.25, -0.2) is 4.98 Å². The van der Waals surface area contributed by atoms with Gasteiger partial charge in [0.15, 0.2) is 0 Å². The summed E-state index contributed by atoms with van der Waals surface area (Å²) in [6.45, 7) is 2.58. The number of benzene rings is 2. The molecule has 164 valence electrons. The number of carbonyl (C=O) groups is 1. The molecule has 0 bridgehead atoms. The van der Waals surface area contributed by atoms with Gasteiger partial charge < -0.3 is 10.1 Å². The number of fused-ring (bicyclic) bond motifs is 1. The standard InChI is InChI=1S/C24H22F2N4O2/c1-13-9-10-19(21(11-13)32-24(25)26)28-23(31)17-12-20(22-14(2)29-30(4)15(22)3)27-18-8-6-5-7-16(17)18/h5-12,24H,1-4H3,(H,28,31).